The van der Waals surface area contributed by atoms with Gasteiger partial charge in [0.25, 0.3) is 0 Å². The SMILES string of the molecule is O=NCCCOC1CCC(NCc2ccccc2)CC1. The topological polar surface area (TPSA) is 50.7 Å². The molecule has 1 aromatic carbocycles. The molecule has 4 nitrogen and oxygen atoms in total. The fraction of sp³-hybridized carbons (Fsp3) is 0.625. The third-order valence-electron chi connectivity index (χ3n) is 3.86. The lowest BCUT2D eigenvalue weighted by molar-refractivity contribution is 0.0220. The highest BCUT2D eigenvalue weighted by atomic mass is 16.5. The van der Waals surface area contributed by atoms with Gasteiger partial charge in [-0.15, -0.1) is 0 Å². The normalized spacial score (nSPS) is 22.6. The summed E-state index contributed by atoms with van der Waals surface area (Å²) in [5.41, 5.74) is 1.34. The molecule has 20 heavy (non-hydrogen) atoms. The first-order valence-electron chi connectivity index (χ1n) is 7.56. The van der Waals surface area contributed by atoms with Crippen LogP contribution in [0.4, 0.5) is 0 Å². The first-order valence-corrected chi connectivity index (χ1v) is 7.56. The largest absolute Gasteiger partial charge is 0.378 e. The van der Waals surface area contributed by atoms with Crippen LogP contribution >= 0.6 is 0 Å². The number of hydrogen-bond donors (Lipinski definition) is 1. The van der Waals surface area contributed by atoms with Crippen LogP contribution in [0.1, 0.15) is 37.7 Å². The van der Waals surface area contributed by atoms with Crippen molar-refractivity contribution in [3.8, 4) is 0 Å². The van der Waals surface area contributed by atoms with E-state index in [4.69, 9.17) is 4.74 Å². The molecule has 0 aliphatic heterocycles. The van der Waals surface area contributed by atoms with E-state index < -0.39 is 0 Å². The number of benzene rings is 1. The summed E-state index contributed by atoms with van der Waals surface area (Å²) in [7, 11) is 0. The first kappa shape index (κ1) is 15.1. The maximum Gasteiger partial charge on any atom is 0.0833 e. The summed E-state index contributed by atoms with van der Waals surface area (Å²) in [6.45, 7) is 1.98. The van der Waals surface area contributed by atoms with Crippen molar-refractivity contribution in [3.05, 3.63) is 40.8 Å². The van der Waals surface area contributed by atoms with Crippen molar-refractivity contribution < 1.29 is 4.74 Å². The molecule has 1 aliphatic rings. The van der Waals surface area contributed by atoms with Gasteiger partial charge in [0, 0.05) is 19.2 Å². The number of rotatable bonds is 8. The van der Waals surface area contributed by atoms with Crippen LogP contribution in [0.2, 0.25) is 0 Å². The lowest BCUT2D eigenvalue weighted by atomic mass is 9.93. The molecule has 1 saturated carbocycles. The molecule has 0 spiro atoms. The Morgan fingerprint density at radius 3 is 2.60 bits per heavy atom. The summed E-state index contributed by atoms with van der Waals surface area (Å²) < 4.78 is 5.77. The molecule has 1 fully saturated rings. The van der Waals surface area contributed by atoms with Crippen LogP contribution in [0.5, 0.6) is 0 Å². The quantitative estimate of drug-likeness (QED) is 0.585. The monoisotopic (exact) mass is 276 g/mol. The molecule has 110 valence electrons. The second-order valence-corrected chi connectivity index (χ2v) is 5.42. The van der Waals surface area contributed by atoms with Crippen LogP contribution in [0.15, 0.2) is 35.5 Å². The molecule has 0 bridgehead atoms. The highest BCUT2D eigenvalue weighted by Crippen LogP contribution is 2.21. The minimum atomic E-state index is 0.369. The summed E-state index contributed by atoms with van der Waals surface area (Å²) in [6, 6.07) is 11.1. The van der Waals surface area contributed by atoms with E-state index in [1.165, 1.54) is 18.4 Å². The Morgan fingerprint density at radius 1 is 1.15 bits per heavy atom. The van der Waals surface area contributed by atoms with Crippen molar-refractivity contribution in [1.29, 1.82) is 0 Å². The van der Waals surface area contributed by atoms with Crippen LogP contribution < -0.4 is 5.32 Å². The van der Waals surface area contributed by atoms with Crippen molar-refractivity contribution in [2.75, 3.05) is 13.2 Å². The van der Waals surface area contributed by atoms with Gasteiger partial charge in [0.05, 0.1) is 12.6 Å². The summed E-state index contributed by atoms with van der Waals surface area (Å²) in [5, 5.41) is 6.47. The predicted molar refractivity (Wildman–Crippen MR) is 80.6 cm³/mol. The van der Waals surface area contributed by atoms with Crippen molar-refractivity contribution in [2.24, 2.45) is 5.18 Å². The smallest absolute Gasteiger partial charge is 0.0833 e. The second-order valence-electron chi connectivity index (χ2n) is 5.42. The first-order chi connectivity index (χ1) is 9.88. The number of hydrogen-bond acceptors (Lipinski definition) is 4. The van der Waals surface area contributed by atoms with E-state index >= 15 is 0 Å². The van der Waals surface area contributed by atoms with Crippen LogP contribution in [0.25, 0.3) is 0 Å². The van der Waals surface area contributed by atoms with Gasteiger partial charge in [0.2, 0.25) is 0 Å². The zero-order chi connectivity index (χ0) is 14.0. The van der Waals surface area contributed by atoms with Gasteiger partial charge in [0.15, 0.2) is 0 Å². The standard InChI is InChI=1S/C16H24N2O2/c19-18-11-4-12-20-16-9-7-15(8-10-16)17-13-14-5-2-1-3-6-14/h1-3,5-6,15-17H,4,7-13H2. The predicted octanol–water partition coefficient (Wildman–Crippen LogP) is 3.26. The summed E-state index contributed by atoms with van der Waals surface area (Å²) in [4.78, 5) is 9.97. The van der Waals surface area contributed by atoms with Crippen LogP contribution in [-0.2, 0) is 11.3 Å². The molecule has 0 unspecified atom stereocenters. The average molecular weight is 276 g/mol. The van der Waals surface area contributed by atoms with E-state index in [0.29, 0.717) is 25.3 Å². The van der Waals surface area contributed by atoms with E-state index in [9.17, 15) is 4.91 Å². The molecule has 4 heteroatoms. The Kier molecular flexibility index (Phi) is 6.68. The lowest BCUT2D eigenvalue weighted by Crippen LogP contribution is -2.35. The third kappa shape index (κ3) is 5.39. The van der Waals surface area contributed by atoms with Crippen molar-refractivity contribution in [1.82, 2.24) is 5.32 Å². The van der Waals surface area contributed by atoms with E-state index in [2.05, 4.69) is 34.8 Å². The fourth-order valence-electron chi connectivity index (χ4n) is 2.67. The maximum absolute atomic E-state index is 9.97. The molecule has 1 aromatic rings. The van der Waals surface area contributed by atoms with E-state index in [1.807, 2.05) is 6.07 Å². The number of nitroso groups, excluding NO2 is 1. The van der Waals surface area contributed by atoms with E-state index in [1.54, 1.807) is 0 Å². The zero-order valence-corrected chi connectivity index (χ0v) is 12.0. The molecular formula is C16H24N2O2. The van der Waals surface area contributed by atoms with Gasteiger partial charge in [-0.05, 0) is 37.7 Å². The fourth-order valence-corrected chi connectivity index (χ4v) is 2.67. The second kappa shape index (κ2) is 8.82. The Labute approximate surface area is 120 Å². The summed E-state index contributed by atoms with van der Waals surface area (Å²) in [5.74, 6) is 0. The van der Waals surface area contributed by atoms with Gasteiger partial charge in [-0.25, -0.2) is 0 Å². The lowest BCUT2D eigenvalue weighted by Gasteiger charge is -2.29. The molecule has 0 atom stereocenters. The molecule has 0 radical (unpaired) electrons. The Bertz CT molecular complexity index is 375. The Hall–Kier alpha value is -1.26. The van der Waals surface area contributed by atoms with Crippen LogP contribution in [0.3, 0.4) is 0 Å². The highest BCUT2D eigenvalue weighted by Gasteiger charge is 2.20. The average Bonchev–Trinajstić information content (AvgIpc) is 2.52. The van der Waals surface area contributed by atoms with Crippen molar-refractivity contribution >= 4 is 0 Å². The van der Waals surface area contributed by atoms with Gasteiger partial charge >= 0.3 is 0 Å². The van der Waals surface area contributed by atoms with Crippen molar-refractivity contribution in [3.63, 3.8) is 0 Å². The molecular weight excluding hydrogens is 252 g/mol. The molecule has 1 N–H and O–H groups in total. The van der Waals surface area contributed by atoms with Crippen molar-refractivity contribution in [2.45, 2.75) is 50.8 Å². The number of ether oxygens (including phenoxy) is 1. The zero-order valence-electron chi connectivity index (χ0n) is 12.0. The Morgan fingerprint density at radius 2 is 1.90 bits per heavy atom. The van der Waals surface area contributed by atoms with Gasteiger partial charge in [-0.3, -0.25) is 0 Å². The van der Waals surface area contributed by atoms with Gasteiger partial charge < -0.3 is 10.1 Å². The molecule has 0 saturated heterocycles. The molecule has 0 heterocycles. The molecule has 2 rings (SSSR count). The number of nitrogens with zero attached hydrogens (tertiary/aromatic N) is 1. The number of nitrogens with one attached hydrogen (secondary N) is 1. The summed E-state index contributed by atoms with van der Waals surface area (Å²) in [6.07, 6.45) is 5.68. The summed E-state index contributed by atoms with van der Waals surface area (Å²) >= 11 is 0. The molecule has 0 amide bonds. The van der Waals surface area contributed by atoms with Gasteiger partial charge in [0.1, 0.15) is 0 Å². The van der Waals surface area contributed by atoms with Gasteiger partial charge in [-0.1, -0.05) is 35.5 Å². The molecule has 0 aromatic heterocycles. The van der Waals surface area contributed by atoms with E-state index in [-0.39, 0.29) is 0 Å². The van der Waals surface area contributed by atoms with Gasteiger partial charge in [-0.2, -0.15) is 4.91 Å². The highest BCUT2D eigenvalue weighted by molar-refractivity contribution is 5.14. The van der Waals surface area contributed by atoms with Crippen LogP contribution in [0, 0.1) is 4.91 Å². The molecule has 1 aliphatic carbocycles. The third-order valence-corrected chi connectivity index (χ3v) is 3.86. The minimum Gasteiger partial charge on any atom is -0.378 e. The Balaban J connectivity index is 1.58. The van der Waals surface area contributed by atoms with Crippen LogP contribution in [-0.4, -0.2) is 25.3 Å². The minimum absolute atomic E-state index is 0.369. The van der Waals surface area contributed by atoms with E-state index in [0.717, 1.165) is 25.8 Å². The maximum atomic E-state index is 9.97.